The van der Waals surface area contributed by atoms with E-state index in [1.807, 2.05) is 38.1 Å². The van der Waals surface area contributed by atoms with Crippen LogP contribution in [0.1, 0.15) is 31.9 Å². The lowest BCUT2D eigenvalue weighted by Gasteiger charge is -2.20. The molecule has 0 radical (unpaired) electrons. The Hall–Kier alpha value is -2.27. The highest BCUT2D eigenvalue weighted by atomic mass is 79.9. The number of carbonyl (C=O) groups is 1. The number of aliphatic imine (C=N–C) groups is 2. The van der Waals surface area contributed by atoms with Gasteiger partial charge in [0, 0.05) is 11.0 Å². The van der Waals surface area contributed by atoms with Gasteiger partial charge in [-0.05, 0) is 69.0 Å². The highest BCUT2D eigenvalue weighted by Crippen LogP contribution is 2.34. The summed E-state index contributed by atoms with van der Waals surface area (Å²) in [5.74, 6) is 0.278. The molecule has 2 rings (SSSR count). The Bertz CT molecular complexity index is 914. The average molecular weight is 428 g/mol. The van der Waals surface area contributed by atoms with Crippen molar-refractivity contribution in [1.82, 2.24) is 0 Å². The normalized spacial score (nSPS) is 13.0. The number of nitrogens with zero attached hydrogens (tertiary/aromatic N) is 2. The highest BCUT2D eigenvalue weighted by Gasteiger charge is 2.27. The second kappa shape index (κ2) is 8.61. The summed E-state index contributed by atoms with van der Waals surface area (Å²) < 4.78 is 1.07. The largest absolute Gasteiger partial charge is 0.382 e. The van der Waals surface area contributed by atoms with Gasteiger partial charge < -0.3 is 10.5 Å². The van der Waals surface area contributed by atoms with Crippen molar-refractivity contribution < 1.29 is 4.79 Å². The topological polar surface area (TPSA) is 67.8 Å². The first-order valence-corrected chi connectivity index (χ1v) is 9.73. The number of nitrogens with two attached hydrogens (primary N) is 1. The molecular formula is C22H26BrN3O. The van der Waals surface area contributed by atoms with E-state index in [-0.39, 0.29) is 5.84 Å². The Morgan fingerprint density at radius 3 is 2.30 bits per heavy atom. The van der Waals surface area contributed by atoms with Crippen LogP contribution in [0.2, 0.25) is 0 Å². The SMILES string of the molecule is CCN=C(C(N)=Nc1cccc(-c2cccc(Br)c2C)c1C)C(C)(C)C=O. The van der Waals surface area contributed by atoms with Gasteiger partial charge >= 0.3 is 0 Å². The van der Waals surface area contributed by atoms with Crippen LogP contribution < -0.4 is 5.73 Å². The van der Waals surface area contributed by atoms with E-state index in [0.29, 0.717) is 12.3 Å². The van der Waals surface area contributed by atoms with Crippen LogP contribution in [0.5, 0.6) is 0 Å². The van der Waals surface area contributed by atoms with Gasteiger partial charge in [0.1, 0.15) is 12.1 Å². The predicted molar refractivity (Wildman–Crippen MR) is 118 cm³/mol. The zero-order chi connectivity index (χ0) is 20.2. The fraction of sp³-hybridized carbons (Fsp3) is 0.318. The lowest BCUT2D eigenvalue weighted by atomic mass is 9.88. The second-order valence-corrected chi connectivity index (χ2v) is 7.88. The molecule has 5 heteroatoms. The number of rotatable bonds is 6. The van der Waals surface area contributed by atoms with Crippen molar-refractivity contribution in [3.63, 3.8) is 0 Å². The fourth-order valence-electron chi connectivity index (χ4n) is 2.95. The first-order valence-electron chi connectivity index (χ1n) is 8.93. The molecule has 0 saturated carbocycles. The standard InChI is InChI=1S/C22H26BrN3O/c1-6-25-20(22(4,5)13-27)21(24)26-19-12-8-10-17(15(19)3)16-9-7-11-18(23)14(16)2/h7-13H,6H2,1-5H3,(H2,24,26). The smallest absolute Gasteiger partial charge is 0.146 e. The molecule has 0 amide bonds. The molecule has 0 fully saturated rings. The summed E-state index contributed by atoms with van der Waals surface area (Å²) in [7, 11) is 0. The van der Waals surface area contributed by atoms with Gasteiger partial charge in [0.15, 0.2) is 0 Å². The minimum absolute atomic E-state index is 0.278. The van der Waals surface area contributed by atoms with E-state index in [9.17, 15) is 4.79 Å². The molecule has 0 spiro atoms. The Kier molecular flexibility index (Phi) is 6.71. The molecule has 2 aromatic carbocycles. The average Bonchev–Trinajstić information content (AvgIpc) is 2.63. The Morgan fingerprint density at radius 1 is 1.11 bits per heavy atom. The number of aldehydes is 1. The summed E-state index contributed by atoms with van der Waals surface area (Å²) in [6.07, 6.45) is 0.859. The van der Waals surface area contributed by atoms with Crippen LogP contribution in [-0.4, -0.2) is 24.4 Å². The number of amidine groups is 1. The molecule has 0 bridgehead atoms. The number of benzene rings is 2. The summed E-state index contributed by atoms with van der Waals surface area (Å²) in [5, 5.41) is 0. The molecule has 2 N–H and O–H groups in total. The number of halogens is 1. The molecule has 0 aliphatic rings. The highest BCUT2D eigenvalue weighted by molar-refractivity contribution is 9.10. The van der Waals surface area contributed by atoms with Gasteiger partial charge in [-0.3, -0.25) is 4.99 Å². The summed E-state index contributed by atoms with van der Waals surface area (Å²) >= 11 is 3.60. The number of hydrogen-bond donors (Lipinski definition) is 1. The zero-order valence-corrected chi connectivity index (χ0v) is 18.1. The van der Waals surface area contributed by atoms with E-state index in [4.69, 9.17) is 5.73 Å². The summed E-state index contributed by atoms with van der Waals surface area (Å²) in [5.41, 5.74) is 11.2. The maximum absolute atomic E-state index is 11.5. The monoisotopic (exact) mass is 427 g/mol. The molecule has 0 aliphatic carbocycles. The first kappa shape index (κ1) is 21.0. The molecule has 27 heavy (non-hydrogen) atoms. The van der Waals surface area contributed by atoms with Crippen LogP contribution in [0.4, 0.5) is 5.69 Å². The van der Waals surface area contributed by atoms with E-state index in [1.165, 1.54) is 5.56 Å². The molecule has 0 aliphatic heterocycles. The van der Waals surface area contributed by atoms with Gasteiger partial charge in [0.25, 0.3) is 0 Å². The first-order chi connectivity index (χ1) is 12.7. The second-order valence-electron chi connectivity index (χ2n) is 7.02. The van der Waals surface area contributed by atoms with E-state index >= 15 is 0 Å². The van der Waals surface area contributed by atoms with Gasteiger partial charge in [0.2, 0.25) is 0 Å². The lowest BCUT2D eigenvalue weighted by molar-refractivity contribution is -0.112. The van der Waals surface area contributed by atoms with Crippen molar-refractivity contribution in [3.8, 4) is 11.1 Å². The van der Waals surface area contributed by atoms with Crippen LogP contribution in [0, 0.1) is 19.3 Å². The van der Waals surface area contributed by atoms with E-state index in [0.717, 1.165) is 33.1 Å². The van der Waals surface area contributed by atoms with Gasteiger partial charge in [-0.1, -0.05) is 40.2 Å². The van der Waals surface area contributed by atoms with Gasteiger partial charge in [-0.2, -0.15) is 0 Å². The Labute approximate surface area is 169 Å². The maximum Gasteiger partial charge on any atom is 0.146 e. The Morgan fingerprint density at radius 2 is 1.70 bits per heavy atom. The van der Waals surface area contributed by atoms with Crippen LogP contribution >= 0.6 is 15.9 Å². The molecule has 0 heterocycles. The third kappa shape index (κ3) is 4.53. The lowest BCUT2D eigenvalue weighted by Crippen LogP contribution is -2.37. The van der Waals surface area contributed by atoms with Crippen molar-refractivity contribution in [1.29, 1.82) is 0 Å². The molecule has 0 aromatic heterocycles. The zero-order valence-electron chi connectivity index (χ0n) is 16.5. The van der Waals surface area contributed by atoms with Crippen LogP contribution in [-0.2, 0) is 4.79 Å². The van der Waals surface area contributed by atoms with Crippen molar-refractivity contribution in [3.05, 3.63) is 52.0 Å². The molecule has 2 aromatic rings. The van der Waals surface area contributed by atoms with Crippen LogP contribution in [0.15, 0.2) is 50.9 Å². The van der Waals surface area contributed by atoms with Crippen molar-refractivity contribution in [2.75, 3.05) is 6.54 Å². The van der Waals surface area contributed by atoms with E-state index in [2.05, 4.69) is 45.0 Å². The molecule has 0 atom stereocenters. The minimum Gasteiger partial charge on any atom is -0.382 e. The predicted octanol–water partition coefficient (Wildman–Crippen LogP) is 5.41. The Balaban J connectivity index is 2.58. The number of hydrogen-bond acceptors (Lipinski definition) is 3. The van der Waals surface area contributed by atoms with Gasteiger partial charge in [0.05, 0.1) is 16.8 Å². The van der Waals surface area contributed by atoms with Crippen LogP contribution in [0.3, 0.4) is 0 Å². The third-order valence-electron chi connectivity index (χ3n) is 4.57. The molecule has 4 nitrogen and oxygen atoms in total. The molecule has 0 saturated heterocycles. The van der Waals surface area contributed by atoms with E-state index < -0.39 is 5.41 Å². The van der Waals surface area contributed by atoms with E-state index in [1.54, 1.807) is 13.8 Å². The summed E-state index contributed by atoms with van der Waals surface area (Å²) in [4.78, 5) is 20.5. The fourth-order valence-corrected chi connectivity index (χ4v) is 3.31. The maximum atomic E-state index is 11.5. The van der Waals surface area contributed by atoms with Crippen molar-refractivity contribution in [2.24, 2.45) is 21.1 Å². The number of carbonyl (C=O) groups excluding carboxylic acids is 1. The third-order valence-corrected chi connectivity index (χ3v) is 5.43. The van der Waals surface area contributed by atoms with Gasteiger partial charge in [-0.15, -0.1) is 0 Å². The van der Waals surface area contributed by atoms with Crippen molar-refractivity contribution in [2.45, 2.75) is 34.6 Å². The minimum atomic E-state index is -0.782. The molecular weight excluding hydrogens is 402 g/mol. The van der Waals surface area contributed by atoms with Gasteiger partial charge in [-0.25, -0.2) is 4.99 Å². The molecule has 0 unspecified atom stereocenters. The summed E-state index contributed by atoms with van der Waals surface area (Å²) in [6.45, 7) is 10.2. The van der Waals surface area contributed by atoms with Crippen LogP contribution in [0.25, 0.3) is 11.1 Å². The summed E-state index contributed by atoms with van der Waals surface area (Å²) in [6, 6.07) is 12.1. The molecule has 142 valence electrons. The quantitative estimate of drug-likeness (QED) is 0.380. The van der Waals surface area contributed by atoms with Crippen molar-refractivity contribution >= 4 is 39.5 Å².